The summed E-state index contributed by atoms with van der Waals surface area (Å²) < 4.78 is 0. The van der Waals surface area contributed by atoms with Gasteiger partial charge in [-0.25, -0.2) is 4.98 Å². The molecule has 1 aromatic carbocycles. The number of anilines is 2. The summed E-state index contributed by atoms with van der Waals surface area (Å²) in [6, 6.07) is 3.99. The van der Waals surface area contributed by atoms with E-state index in [0.29, 0.717) is 6.42 Å². The average molecular weight is 279 g/mol. The molecular weight excluding hydrogens is 266 g/mol. The van der Waals surface area contributed by atoms with E-state index in [4.69, 9.17) is 0 Å². The Morgan fingerprint density at radius 3 is 3.14 bits per heavy atom. The van der Waals surface area contributed by atoms with Gasteiger partial charge in [-0.05, 0) is 37.0 Å². The van der Waals surface area contributed by atoms with Crippen molar-refractivity contribution < 1.29 is 4.79 Å². The van der Waals surface area contributed by atoms with Gasteiger partial charge >= 0.3 is 0 Å². The molecule has 0 saturated carbocycles. The van der Waals surface area contributed by atoms with Crippen LogP contribution in [0, 0.1) is 0 Å². The fourth-order valence-electron chi connectivity index (χ4n) is 3.46. The molecule has 0 bridgehead atoms. The molecule has 5 rings (SSSR count). The zero-order valence-electron chi connectivity index (χ0n) is 11.3. The number of aromatic nitrogens is 4. The number of fused-ring (bicyclic) bond motifs is 3. The molecule has 6 nitrogen and oxygen atoms in total. The summed E-state index contributed by atoms with van der Waals surface area (Å²) >= 11 is 0. The molecule has 21 heavy (non-hydrogen) atoms. The lowest BCUT2D eigenvalue weighted by Gasteiger charge is -2.15. The van der Waals surface area contributed by atoms with Crippen LogP contribution in [-0.4, -0.2) is 26.1 Å². The number of hydrogen-bond acceptors (Lipinski definition) is 3. The van der Waals surface area contributed by atoms with Gasteiger partial charge in [-0.3, -0.25) is 14.8 Å². The maximum atomic E-state index is 12.5. The van der Waals surface area contributed by atoms with Crippen molar-refractivity contribution in [1.29, 1.82) is 0 Å². The van der Waals surface area contributed by atoms with Crippen molar-refractivity contribution in [3.05, 3.63) is 35.3 Å². The van der Waals surface area contributed by atoms with Crippen LogP contribution >= 0.6 is 0 Å². The highest BCUT2D eigenvalue weighted by Crippen LogP contribution is 2.40. The maximum absolute atomic E-state index is 12.5. The largest absolute Gasteiger partial charge is 0.345 e. The molecule has 1 amide bonds. The Labute approximate surface area is 120 Å². The second kappa shape index (κ2) is 3.72. The zero-order chi connectivity index (χ0) is 14.0. The summed E-state index contributed by atoms with van der Waals surface area (Å²) in [6.45, 7) is 0. The van der Waals surface area contributed by atoms with Crippen molar-refractivity contribution in [1.82, 2.24) is 20.2 Å². The van der Waals surface area contributed by atoms with Gasteiger partial charge in [0.25, 0.3) is 0 Å². The van der Waals surface area contributed by atoms with Crippen molar-refractivity contribution in [2.45, 2.75) is 25.7 Å². The third-order valence-corrected chi connectivity index (χ3v) is 4.45. The Morgan fingerprint density at radius 1 is 1.24 bits per heavy atom. The minimum absolute atomic E-state index is 0.0823. The van der Waals surface area contributed by atoms with E-state index in [9.17, 15) is 4.79 Å². The first-order valence-electron chi connectivity index (χ1n) is 7.16. The number of imidazole rings is 1. The average Bonchev–Trinajstić information content (AvgIpc) is 3.17. The Balaban J connectivity index is 1.72. The quantitative estimate of drug-likeness (QED) is 0.715. The summed E-state index contributed by atoms with van der Waals surface area (Å²) in [5.74, 6) is 0.861. The molecule has 0 radical (unpaired) electrons. The number of H-pyrrole nitrogens is 2. The number of amides is 1. The van der Waals surface area contributed by atoms with Gasteiger partial charge in [0.15, 0.2) is 5.82 Å². The highest BCUT2D eigenvalue weighted by molar-refractivity contribution is 6.09. The molecule has 0 saturated heterocycles. The fraction of sp³-hybridized carbons (Fsp3) is 0.267. The molecule has 2 aliphatic rings. The SMILES string of the molecule is O=C1Cc2cc3[nH]cnc3cc2N1c1n[nH]c2c1CCC2. The highest BCUT2D eigenvalue weighted by Gasteiger charge is 2.34. The third kappa shape index (κ3) is 1.39. The van der Waals surface area contributed by atoms with Crippen LogP contribution in [0.5, 0.6) is 0 Å². The van der Waals surface area contributed by atoms with Gasteiger partial charge < -0.3 is 4.98 Å². The zero-order valence-corrected chi connectivity index (χ0v) is 11.3. The predicted octanol–water partition coefficient (Wildman–Crippen LogP) is 2.00. The van der Waals surface area contributed by atoms with E-state index < -0.39 is 0 Å². The minimum atomic E-state index is 0.0823. The lowest BCUT2D eigenvalue weighted by atomic mass is 10.1. The van der Waals surface area contributed by atoms with E-state index in [0.717, 1.165) is 47.4 Å². The molecule has 3 heterocycles. The van der Waals surface area contributed by atoms with Crippen LogP contribution in [0.15, 0.2) is 18.5 Å². The van der Waals surface area contributed by atoms with Gasteiger partial charge in [-0.2, -0.15) is 5.10 Å². The van der Waals surface area contributed by atoms with Crippen molar-refractivity contribution >= 4 is 28.4 Å². The molecule has 3 aromatic rings. The lowest BCUT2D eigenvalue weighted by molar-refractivity contribution is -0.116. The Hall–Kier alpha value is -2.63. The maximum Gasteiger partial charge on any atom is 0.237 e. The Bertz CT molecular complexity index is 891. The van der Waals surface area contributed by atoms with Gasteiger partial charge in [0.2, 0.25) is 5.91 Å². The first-order valence-corrected chi connectivity index (χ1v) is 7.16. The number of aryl methyl sites for hydroxylation is 1. The van der Waals surface area contributed by atoms with Crippen LogP contribution in [0.1, 0.15) is 23.2 Å². The van der Waals surface area contributed by atoms with E-state index in [1.807, 2.05) is 12.1 Å². The number of nitrogens with one attached hydrogen (secondary N) is 2. The van der Waals surface area contributed by atoms with Crippen LogP contribution < -0.4 is 4.90 Å². The number of rotatable bonds is 1. The molecule has 0 spiro atoms. The van der Waals surface area contributed by atoms with Crippen molar-refractivity contribution in [3.63, 3.8) is 0 Å². The number of benzene rings is 1. The number of carbonyl (C=O) groups is 1. The normalized spacial score (nSPS) is 16.8. The molecule has 0 atom stereocenters. The van der Waals surface area contributed by atoms with Gasteiger partial charge in [0.05, 0.1) is 29.5 Å². The molecule has 104 valence electrons. The predicted molar refractivity (Wildman–Crippen MR) is 77.6 cm³/mol. The number of aromatic amines is 2. The number of carbonyl (C=O) groups excluding carboxylic acids is 1. The van der Waals surface area contributed by atoms with E-state index >= 15 is 0 Å². The first kappa shape index (κ1) is 11.1. The van der Waals surface area contributed by atoms with Gasteiger partial charge in [-0.15, -0.1) is 0 Å². The molecular formula is C15H13N5O. The summed E-state index contributed by atoms with van der Waals surface area (Å²) in [5, 5.41) is 7.47. The molecule has 0 fully saturated rings. The second-order valence-electron chi connectivity index (χ2n) is 5.66. The van der Waals surface area contributed by atoms with Crippen molar-refractivity contribution in [2.24, 2.45) is 0 Å². The van der Waals surface area contributed by atoms with Crippen LogP contribution in [0.4, 0.5) is 11.5 Å². The molecule has 1 aliphatic heterocycles. The highest BCUT2D eigenvalue weighted by atomic mass is 16.2. The smallest absolute Gasteiger partial charge is 0.237 e. The molecule has 2 N–H and O–H groups in total. The standard InChI is InChI=1S/C15H13N5O/c21-14-5-8-4-11-12(17-7-16-11)6-13(8)20(14)15-9-2-1-3-10(9)18-19-15/h4,6-7H,1-3,5H2,(H,16,17)(H,18,19). The van der Waals surface area contributed by atoms with Crippen LogP contribution in [-0.2, 0) is 24.1 Å². The van der Waals surface area contributed by atoms with Crippen molar-refractivity contribution in [3.8, 4) is 0 Å². The first-order chi connectivity index (χ1) is 10.3. The van der Waals surface area contributed by atoms with Gasteiger partial charge in [0, 0.05) is 11.3 Å². The number of hydrogen-bond donors (Lipinski definition) is 2. The third-order valence-electron chi connectivity index (χ3n) is 4.45. The molecule has 0 unspecified atom stereocenters. The summed E-state index contributed by atoms with van der Waals surface area (Å²) in [7, 11) is 0. The van der Waals surface area contributed by atoms with Gasteiger partial charge in [0.1, 0.15) is 0 Å². The summed E-state index contributed by atoms with van der Waals surface area (Å²) in [4.78, 5) is 21.6. The molecule has 1 aliphatic carbocycles. The van der Waals surface area contributed by atoms with Crippen LogP contribution in [0.25, 0.3) is 11.0 Å². The minimum Gasteiger partial charge on any atom is -0.345 e. The van der Waals surface area contributed by atoms with E-state index in [1.165, 1.54) is 11.3 Å². The number of nitrogens with zero attached hydrogens (tertiary/aromatic N) is 3. The monoisotopic (exact) mass is 279 g/mol. The lowest BCUT2D eigenvalue weighted by Crippen LogP contribution is -2.22. The van der Waals surface area contributed by atoms with Gasteiger partial charge in [-0.1, -0.05) is 0 Å². The van der Waals surface area contributed by atoms with E-state index in [-0.39, 0.29) is 5.91 Å². The van der Waals surface area contributed by atoms with E-state index in [2.05, 4.69) is 20.2 Å². The Morgan fingerprint density at radius 2 is 2.19 bits per heavy atom. The van der Waals surface area contributed by atoms with Crippen LogP contribution in [0.3, 0.4) is 0 Å². The Kier molecular flexibility index (Phi) is 1.96. The van der Waals surface area contributed by atoms with E-state index in [1.54, 1.807) is 11.2 Å². The molecule has 6 heteroatoms. The molecule has 2 aromatic heterocycles. The topological polar surface area (TPSA) is 77.7 Å². The second-order valence-corrected chi connectivity index (χ2v) is 5.66. The fourth-order valence-corrected chi connectivity index (χ4v) is 3.46. The van der Waals surface area contributed by atoms with Crippen molar-refractivity contribution in [2.75, 3.05) is 4.90 Å². The summed E-state index contributed by atoms with van der Waals surface area (Å²) in [5.41, 5.74) is 6.16. The summed E-state index contributed by atoms with van der Waals surface area (Å²) in [6.07, 6.45) is 5.24. The van der Waals surface area contributed by atoms with Crippen LogP contribution in [0.2, 0.25) is 0 Å².